The van der Waals surface area contributed by atoms with E-state index >= 15 is 0 Å². The number of hydrogen-bond acceptors (Lipinski definition) is 1. The molecular weight excluding hydrogens is 344 g/mol. The highest BCUT2D eigenvalue weighted by Gasteiger charge is 2.24. The second-order valence-electron chi connectivity index (χ2n) is 4.84. The summed E-state index contributed by atoms with van der Waals surface area (Å²) >= 11 is 7.19. The fourth-order valence-corrected chi connectivity index (χ4v) is 3.28. The molecule has 0 atom stereocenters. The van der Waals surface area contributed by atoms with E-state index in [2.05, 4.69) is 68.1 Å². The number of aromatic nitrogens is 2. The maximum absolute atomic E-state index is 4.65. The Hall–Kier alpha value is -0.350. The van der Waals surface area contributed by atoms with Crippen LogP contribution in [0.15, 0.2) is 24.3 Å². The SMILES string of the molecule is Cn1nc(CC(C)(CBr)CBr)c2ccccc21. The van der Waals surface area contributed by atoms with Crippen molar-refractivity contribution in [2.24, 2.45) is 12.5 Å². The number of alkyl halides is 2. The molecule has 17 heavy (non-hydrogen) atoms. The van der Waals surface area contributed by atoms with Crippen LogP contribution < -0.4 is 0 Å². The monoisotopic (exact) mass is 358 g/mol. The van der Waals surface area contributed by atoms with Crippen LogP contribution in [0.25, 0.3) is 10.9 Å². The summed E-state index contributed by atoms with van der Waals surface area (Å²) in [4.78, 5) is 0. The Morgan fingerprint density at radius 3 is 2.53 bits per heavy atom. The van der Waals surface area contributed by atoms with Crippen molar-refractivity contribution in [3.05, 3.63) is 30.0 Å². The van der Waals surface area contributed by atoms with Gasteiger partial charge in [-0.1, -0.05) is 57.0 Å². The van der Waals surface area contributed by atoms with Gasteiger partial charge in [0.2, 0.25) is 0 Å². The summed E-state index contributed by atoms with van der Waals surface area (Å²) in [6.45, 7) is 2.26. The quantitative estimate of drug-likeness (QED) is 0.756. The van der Waals surface area contributed by atoms with Crippen molar-refractivity contribution in [3.63, 3.8) is 0 Å². The molecule has 4 heteroatoms. The van der Waals surface area contributed by atoms with Crippen LogP contribution in [-0.4, -0.2) is 20.4 Å². The van der Waals surface area contributed by atoms with E-state index in [1.54, 1.807) is 0 Å². The van der Waals surface area contributed by atoms with Gasteiger partial charge in [-0.2, -0.15) is 5.10 Å². The molecule has 0 bridgehead atoms. The lowest BCUT2D eigenvalue weighted by Crippen LogP contribution is -2.23. The number of aryl methyl sites for hydroxylation is 1. The standard InChI is InChI=1S/C13H16Br2N2/c1-13(8-14,9-15)7-11-10-5-3-4-6-12(10)17(2)16-11/h3-6H,7-9H2,1-2H3. The molecule has 0 aliphatic rings. The summed E-state index contributed by atoms with van der Waals surface area (Å²) in [5, 5.41) is 7.85. The predicted octanol–water partition coefficient (Wildman–Crippen LogP) is 3.91. The molecule has 2 rings (SSSR count). The van der Waals surface area contributed by atoms with Gasteiger partial charge < -0.3 is 0 Å². The summed E-state index contributed by atoms with van der Waals surface area (Å²) in [6, 6.07) is 8.40. The third-order valence-electron chi connectivity index (χ3n) is 3.07. The molecule has 1 aromatic heterocycles. The molecule has 0 aliphatic carbocycles. The highest BCUT2D eigenvalue weighted by molar-refractivity contribution is 9.09. The van der Waals surface area contributed by atoms with Gasteiger partial charge in [0.15, 0.2) is 0 Å². The second kappa shape index (κ2) is 5.11. The van der Waals surface area contributed by atoms with Crippen LogP contribution >= 0.6 is 31.9 Å². The van der Waals surface area contributed by atoms with Crippen LogP contribution in [0.4, 0.5) is 0 Å². The first-order valence-electron chi connectivity index (χ1n) is 5.62. The van der Waals surface area contributed by atoms with Crippen molar-refractivity contribution in [1.29, 1.82) is 0 Å². The minimum atomic E-state index is 0.205. The van der Waals surface area contributed by atoms with E-state index in [9.17, 15) is 0 Å². The second-order valence-corrected chi connectivity index (χ2v) is 5.96. The van der Waals surface area contributed by atoms with E-state index in [0.717, 1.165) is 17.1 Å². The van der Waals surface area contributed by atoms with Gasteiger partial charge in [0.1, 0.15) is 0 Å². The maximum Gasteiger partial charge on any atom is 0.0709 e. The highest BCUT2D eigenvalue weighted by Crippen LogP contribution is 2.30. The Bertz CT molecular complexity index is 515. The fraction of sp³-hybridized carbons (Fsp3) is 0.462. The average Bonchev–Trinajstić information content (AvgIpc) is 2.67. The van der Waals surface area contributed by atoms with Crippen LogP contribution in [0.5, 0.6) is 0 Å². The Morgan fingerprint density at radius 2 is 1.88 bits per heavy atom. The molecule has 0 radical (unpaired) electrons. The lowest BCUT2D eigenvalue weighted by atomic mass is 9.89. The number of rotatable bonds is 4. The largest absolute Gasteiger partial charge is 0.268 e. The van der Waals surface area contributed by atoms with Crippen molar-refractivity contribution in [2.75, 3.05) is 10.7 Å². The summed E-state index contributed by atoms with van der Waals surface area (Å²) < 4.78 is 1.97. The van der Waals surface area contributed by atoms with Crippen molar-refractivity contribution in [2.45, 2.75) is 13.3 Å². The number of fused-ring (bicyclic) bond motifs is 1. The molecule has 0 saturated carbocycles. The molecule has 0 fully saturated rings. The third kappa shape index (κ3) is 2.58. The number of benzene rings is 1. The molecular formula is C13H16Br2N2. The van der Waals surface area contributed by atoms with Crippen LogP contribution in [0.2, 0.25) is 0 Å². The minimum absolute atomic E-state index is 0.205. The topological polar surface area (TPSA) is 17.8 Å². The summed E-state index contributed by atoms with van der Waals surface area (Å²) in [6.07, 6.45) is 0.977. The summed E-state index contributed by atoms with van der Waals surface area (Å²) in [7, 11) is 2.01. The normalized spacial score (nSPS) is 12.2. The first kappa shape index (κ1) is 13.1. The molecule has 1 aromatic carbocycles. The lowest BCUT2D eigenvalue weighted by Gasteiger charge is -2.23. The molecule has 2 nitrogen and oxygen atoms in total. The number of hydrogen-bond donors (Lipinski definition) is 0. The van der Waals surface area contributed by atoms with E-state index in [1.165, 1.54) is 16.6 Å². The zero-order chi connectivity index (χ0) is 12.5. The van der Waals surface area contributed by atoms with Crippen molar-refractivity contribution in [3.8, 4) is 0 Å². The van der Waals surface area contributed by atoms with E-state index in [-0.39, 0.29) is 5.41 Å². The Balaban J connectivity index is 2.43. The van der Waals surface area contributed by atoms with Crippen LogP contribution in [0.1, 0.15) is 12.6 Å². The molecule has 0 aliphatic heterocycles. The van der Waals surface area contributed by atoms with E-state index in [4.69, 9.17) is 0 Å². The van der Waals surface area contributed by atoms with E-state index in [0.29, 0.717) is 0 Å². The van der Waals surface area contributed by atoms with Crippen LogP contribution in [0.3, 0.4) is 0 Å². The summed E-state index contributed by atoms with van der Waals surface area (Å²) in [5.74, 6) is 0. The first-order chi connectivity index (χ1) is 8.09. The number of nitrogens with zero attached hydrogens (tertiary/aromatic N) is 2. The average molecular weight is 360 g/mol. The number of para-hydroxylation sites is 1. The molecule has 92 valence electrons. The van der Waals surface area contributed by atoms with Gasteiger partial charge in [0.25, 0.3) is 0 Å². The van der Waals surface area contributed by atoms with E-state index in [1.807, 2.05) is 11.7 Å². The van der Waals surface area contributed by atoms with Gasteiger partial charge >= 0.3 is 0 Å². The predicted molar refractivity (Wildman–Crippen MR) is 80.1 cm³/mol. The molecule has 0 amide bonds. The minimum Gasteiger partial charge on any atom is -0.268 e. The van der Waals surface area contributed by atoms with Gasteiger partial charge in [0.05, 0.1) is 11.2 Å². The van der Waals surface area contributed by atoms with Crippen molar-refractivity contribution >= 4 is 42.8 Å². The van der Waals surface area contributed by atoms with Gasteiger partial charge in [-0.25, -0.2) is 0 Å². The van der Waals surface area contributed by atoms with Gasteiger partial charge in [0, 0.05) is 23.1 Å². The molecule has 0 spiro atoms. The van der Waals surface area contributed by atoms with Crippen molar-refractivity contribution in [1.82, 2.24) is 9.78 Å². The van der Waals surface area contributed by atoms with Crippen LogP contribution in [-0.2, 0) is 13.5 Å². The zero-order valence-electron chi connectivity index (χ0n) is 10.1. The molecule has 2 aromatic rings. The highest BCUT2D eigenvalue weighted by atomic mass is 79.9. The lowest BCUT2D eigenvalue weighted by molar-refractivity contribution is 0.432. The van der Waals surface area contributed by atoms with E-state index < -0.39 is 0 Å². The van der Waals surface area contributed by atoms with Gasteiger partial charge in [-0.15, -0.1) is 0 Å². The first-order valence-corrected chi connectivity index (χ1v) is 7.86. The van der Waals surface area contributed by atoms with Crippen molar-refractivity contribution < 1.29 is 0 Å². The van der Waals surface area contributed by atoms with Gasteiger partial charge in [-0.05, 0) is 17.9 Å². The maximum atomic E-state index is 4.65. The summed E-state index contributed by atoms with van der Waals surface area (Å²) in [5.41, 5.74) is 2.59. The molecule has 0 unspecified atom stereocenters. The Morgan fingerprint density at radius 1 is 1.24 bits per heavy atom. The molecule has 1 heterocycles. The fourth-order valence-electron chi connectivity index (χ4n) is 1.95. The van der Waals surface area contributed by atoms with Gasteiger partial charge in [-0.3, -0.25) is 4.68 Å². The smallest absolute Gasteiger partial charge is 0.0709 e. The third-order valence-corrected chi connectivity index (χ3v) is 5.78. The van der Waals surface area contributed by atoms with Crippen LogP contribution in [0, 0.1) is 5.41 Å². The molecule has 0 saturated heterocycles. The zero-order valence-corrected chi connectivity index (χ0v) is 13.3. The molecule has 0 N–H and O–H groups in total. The Labute approximate surface area is 119 Å². The number of halogens is 2. The Kier molecular flexibility index (Phi) is 3.93.